The van der Waals surface area contributed by atoms with Gasteiger partial charge in [0.25, 0.3) is 0 Å². The van der Waals surface area contributed by atoms with E-state index in [-0.39, 0.29) is 18.2 Å². The average Bonchev–Trinajstić information content (AvgIpc) is 3.42. The standard InChI is InChI=1S/C25H25N5O3/c1-16-3-4-23-22(9-16)30(25(32)33-23)8-6-24(31)29-7-5-18(14-29)21-11-19(10-17(2)28-21)20-12-26-15-27-13-20/h3-4,9-13,15,18H,5-8,14H2,1-2H3/t18-/m1/s1. The van der Waals surface area contributed by atoms with Gasteiger partial charge in [0.05, 0.1) is 5.52 Å². The van der Waals surface area contributed by atoms with E-state index in [2.05, 4.69) is 16.0 Å². The summed E-state index contributed by atoms with van der Waals surface area (Å²) in [7, 11) is 0. The van der Waals surface area contributed by atoms with Gasteiger partial charge < -0.3 is 9.32 Å². The molecule has 4 aromatic rings. The number of benzene rings is 1. The number of hydrogen-bond acceptors (Lipinski definition) is 6. The average molecular weight is 444 g/mol. The number of oxazole rings is 1. The van der Waals surface area contributed by atoms with E-state index in [9.17, 15) is 9.59 Å². The number of rotatable bonds is 5. The van der Waals surface area contributed by atoms with Gasteiger partial charge in [0.2, 0.25) is 5.91 Å². The van der Waals surface area contributed by atoms with Crippen LogP contribution in [0, 0.1) is 13.8 Å². The van der Waals surface area contributed by atoms with Gasteiger partial charge in [-0.2, -0.15) is 0 Å². The van der Waals surface area contributed by atoms with Gasteiger partial charge >= 0.3 is 5.76 Å². The summed E-state index contributed by atoms with van der Waals surface area (Å²) < 4.78 is 6.86. The van der Waals surface area contributed by atoms with E-state index >= 15 is 0 Å². The SMILES string of the molecule is Cc1ccc2oc(=O)n(CCC(=O)N3CC[C@@H](c4cc(-c5cncnc5)cc(C)n4)C3)c2c1. The van der Waals surface area contributed by atoms with Crippen molar-refractivity contribution >= 4 is 17.0 Å². The van der Waals surface area contributed by atoms with Gasteiger partial charge in [0, 0.05) is 61.3 Å². The molecule has 168 valence electrons. The van der Waals surface area contributed by atoms with Crippen molar-refractivity contribution in [3.63, 3.8) is 0 Å². The number of carbonyl (C=O) groups excluding carboxylic acids is 1. The first-order valence-corrected chi connectivity index (χ1v) is 11.1. The maximum Gasteiger partial charge on any atom is 0.419 e. The highest BCUT2D eigenvalue weighted by Crippen LogP contribution is 2.30. The van der Waals surface area contributed by atoms with Crippen LogP contribution in [0.3, 0.4) is 0 Å². The molecule has 1 aliphatic heterocycles. The molecule has 1 atom stereocenters. The lowest BCUT2D eigenvalue weighted by Crippen LogP contribution is -2.30. The van der Waals surface area contributed by atoms with Crippen LogP contribution in [0.25, 0.3) is 22.2 Å². The molecule has 0 unspecified atom stereocenters. The maximum atomic E-state index is 12.9. The fourth-order valence-electron chi connectivity index (χ4n) is 4.50. The molecule has 3 aromatic heterocycles. The molecule has 0 spiro atoms. The first kappa shape index (κ1) is 21.1. The lowest BCUT2D eigenvalue weighted by Gasteiger charge is -2.17. The van der Waals surface area contributed by atoms with E-state index in [1.807, 2.05) is 36.9 Å². The van der Waals surface area contributed by atoms with Crippen molar-refractivity contribution < 1.29 is 9.21 Å². The Bertz CT molecular complexity index is 1380. The van der Waals surface area contributed by atoms with Crippen LogP contribution in [-0.2, 0) is 11.3 Å². The van der Waals surface area contributed by atoms with E-state index in [1.54, 1.807) is 23.0 Å². The fraction of sp³-hybridized carbons (Fsp3) is 0.320. The number of carbonyl (C=O) groups is 1. The number of hydrogen-bond donors (Lipinski definition) is 0. The Labute approximate surface area is 190 Å². The molecule has 1 aliphatic rings. The van der Waals surface area contributed by atoms with Gasteiger partial charge in [0.15, 0.2) is 5.58 Å². The first-order chi connectivity index (χ1) is 16.0. The van der Waals surface area contributed by atoms with Crippen molar-refractivity contribution in [3.8, 4) is 11.1 Å². The fourth-order valence-corrected chi connectivity index (χ4v) is 4.50. The van der Waals surface area contributed by atoms with Gasteiger partial charge in [-0.1, -0.05) is 6.07 Å². The van der Waals surface area contributed by atoms with Crippen molar-refractivity contribution in [2.24, 2.45) is 0 Å². The summed E-state index contributed by atoms with van der Waals surface area (Å²) in [5, 5.41) is 0. The molecule has 0 saturated carbocycles. The van der Waals surface area contributed by atoms with E-state index in [0.717, 1.165) is 40.0 Å². The second kappa shape index (κ2) is 8.61. The molecule has 33 heavy (non-hydrogen) atoms. The van der Waals surface area contributed by atoms with Gasteiger partial charge in [-0.25, -0.2) is 14.8 Å². The third kappa shape index (κ3) is 4.28. The van der Waals surface area contributed by atoms with Crippen LogP contribution in [0.4, 0.5) is 0 Å². The normalized spacial score (nSPS) is 15.9. The monoisotopic (exact) mass is 443 g/mol. The number of nitrogens with zero attached hydrogens (tertiary/aromatic N) is 5. The van der Waals surface area contributed by atoms with Crippen molar-refractivity contribution in [2.75, 3.05) is 13.1 Å². The Kier molecular flexibility index (Phi) is 5.50. The van der Waals surface area contributed by atoms with Crippen molar-refractivity contribution in [2.45, 2.75) is 39.2 Å². The first-order valence-electron chi connectivity index (χ1n) is 11.1. The van der Waals surface area contributed by atoms with Crippen LogP contribution < -0.4 is 5.76 Å². The Hall–Kier alpha value is -3.81. The van der Waals surface area contributed by atoms with Crippen LogP contribution in [0.2, 0.25) is 0 Å². The molecular weight excluding hydrogens is 418 g/mol. The molecule has 5 rings (SSSR count). The molecule has 1 amide bonds. The summed E-state index contributed by atoms with van der Waals surface area (Å²) in [5.74, 6) is -0.211. The minimum Gasteiger partial charge on any atom is -0.408 e. The molecular formula is C25H25N5O3. The predicted octanol–water partition coefficient (Wildman–Crippen LogP) is 3.47. The van der Waals surface area contributed by atoms with Crippen LogP contribution in [0.5, 0.6) is 0 Å². The largest absolute Gasteiger partial charge is 0.419 e. The Morgan fingerprint density at radius 3 is 2.76 bits per heavy atom. The summed E-state index contributed by atoms with van der Waals surface area (Å²) >= 11 is 0. The van der Waals surface area contributed by atoms with E-state index < -0.39 is 5.76 Å². The molecule has 1 fully saturated rings. The second-order valence-electron chi connectivity index (χ2n) is 8.62. The van der Waals surface area contributed by atoms with Gasteiger partial charge in [-0.05, 0) is 55.7 Å². The molecule has 0 radical (unpaired) electrons. The van der Waals surface area contributed by atoms with Crippen LogP contribution in [-0.4, -0.2) is 43.4 Å². The quantitative estimate of drug-likeness (QED) is 0.469. The number of likely N-dealkylation sites (tertiary alicyclic amines) is 1. The highest BCUT2D eigenvalue weighted by molar-refractivity contribution is 5.77. The van der Waals surface area contributed by atoms with Crippen molar-refractivity contribution in [1.29, 1.82) is 0 Å². The van der Waals surface area contributed by atoms with Gasteiger partial charge in [-0.3, -0.25) is 14.3 Å². The number of pyridine rings is 1. The van der Waals surface area contributed by atoms with Crippen molar-refractivity contribution in [1.82, 2.24) is 24.4 Å². The highest BCUT2D eigenvalue weighted by atomic mass is 16.4. The molecule has 4 heterocycles. The van der Waals surface area contributed by atoms with Gasteiger partial charge in [-0.15, -0.1) is 0 Å². The van der Waals surface area contributed by atoms with Crippen LogP contribution in [0.1, 0.15) is 35.7 Å². The Morgan fingerprint density at radius 1 is 1.12 bits per heavy atom. The lowest BCUT2D eigenvalue weighted by atomic mass is 10.00. The molecule has 8 heteroatoms. The van der Waals surface area contributed by atoms with Gasteiger partial charge in [0.1, 0.15) is 6.33 Å². The number of aromatic nitrogens is 4. The molecule has 8 nitrogen and oxygen atoms in total. The predicted molar refractivity (Wildman–Crippen MR) is 124 cm³/mol. The summed E-state index contributed by atoms with van der Waals surface area (Å²) in [6.45, 7) is 5.55. The summed E-state index contributed by atoms with van der Waals surface area (Å²) in [5.41, 5.74) is 6.21. The molecule has 0 aliphatic carbocycles. The number of fused-ring (bicyclic) bond motifs is 1. The summed E-state index contributed by atoms with van der Waals surface area (Å²) in [6.07, 6.45) is 6.21. The third-order valence-corrected chi connectivity index (χ3v) is 6.20. The minimum atomic E-state index is -0.427. The zero-order valence-corrected chi connectivity index (χ0v) is 18.7. The highest BCUT2D eigenvalue weighted by Gasteiger charge is 2.28. The zero-order chi connectivity index (χ0) is 22.9. The minimum absolute atomic E-state index is 0.0377. The molecule has 1 saturated heterocycles. The summed E-state index contributed by atoms with van der Waals surface area (Å²) in [6, 6.07) is 9.70. The molecule has 0 bridgehead atoms. The van der Waals surface area contributed by atoms with Crippen LogP contribution in [0.15, 0.2) is 58.3 Å². The van der Waals surface area contributed by atoms with Crippen molar-refractivity contribution in [3.05, 3.63) is 76.6 Å². The maximum absolute atomic E-state index is 12.9. The van der Waals surface area contributed by atoms with E-state index in [4.69, 9.17) is 9.40 Å². The zero-order valence-electron chi connectivity index (χ0n) is 18.7. The third-order valence-electron chi connectivity index (χ3n) is 6.20. The smallest absolute Gasteiger partial charge is 0.408 e. The number of amides is 1. The molecule has 1 aromatic carbocycles. The molecule has 0 N–H and O–H groups in total. The van der Waals surface area contributed by atoms with E-state index in [0.29, 0.717) is 25.2 Å². The topological polar surface area (TPSA) is 94.1 Å². The second-order valence-corrected chi connectivity index (χ2v) is 8.62. The summed E-state index contributed by atoms with van der Waals surface area (Å²) in [4.78, 5) is 40.0. The Balaban J connectivity index is 1.28. The van der Waals surface area contributed by atoms with E-state index in [1.165, 1.54) is 6.33 Å². The van der Waals surface area contributed by atoms with Crippen LogP contribution >= 0.6 is 0 Å². The number of aryl methyl sites for hydroxylation is 3. The lowest BCUT2D eigenvalue weighted by molar-refractivity contribution is -0.130. The Morgan fingerprint density at radius 2 is 1.94 bits per heavy atom.